The van der Waals surface area contributed by atoms with Gasteiger partial charge in [-0.1, -0.05) is 29.8 Å². The lowest BCUT2D eigenvalue weighted by Crippen LogP contribution is -2.54. The molecule has 2 aliphatic rings. The van der Waals surface area contributed by atoms with Crippen molar-refractivity contribution in [3.05, 3.63) is 64.7 Å². The van der Waals surface area contributed by atoms with Crippen molar-refractivity contribution in [1.29, 1.82) is 0 Å². The minimum Gasteiger partial charge on any atom is -0.484 e. The third-order valence-electron chi connectivity index (χ3n) is 5.61. The van der Waals surface area contributed by atoms with Gasteiger partial charge in [-0.3, -0.25) is 24.6 Å². The molecule has 34 heavy (non-hydrogen) atoms. The SMILES string of the molecule is Cc1ccc(N2C(=O)/C(=C/c3ccc(OCC(=O)N4CCOCC4)cc3)C(=O)NC2=S)c(C)c1. The standard InChI is InChI=1S/C25H25N3O5S/c1-16-3-8-21(17(2)13-16)28-24(31)20(23(30)26-25(28)34)14-18-4-6-19(7-5-18)33-15-22(29)27-9-11-32-12-10-27/h3-8,13-14H,9-12,15H2,1-2H3,(H,26,30,34)/b20-14+. The number of rotatable bonds is 5. The van der Waals surface area contributed by atoms with E-state index in [2.05, 4.69) is 5.32 Å². The first kappa shape index (κ1) is 23.6. The van der Waals surface area contributed by atoms with E-state index in [0.717, 1.165) is 11.1 Å². The lowest BCUT2D eigenvalue weighted by molar-refractivity contribution is -0.137. The van der Waals surface area contributed by atoms with Gasteiger partial charge in [0.15, 0.2) is 11.7 Å². The highest BCUT2D eigenvalue weighted by Gasteiger charge is 2.35. The molecule has 2 saturated heterocycles. The van der Waals surface area contributed by atoms with Crippen molar-refractivity contribution < 1.29 is 23.9 Å². The van der Waals surface area contributed by atoms with Gasteiger partial charge in [0.05, 0.1) is 18.9 Å². The number of thiocarbonyl (C=S) groups is 1. The van der Waals surface area contributed by atoms with Crippen molar-refractivity contribution in [2.24, 2.45) is 0 Å². The molecule has 0 spiro atoms. The summed E-state index contributed by atoms with van der Waals surface area (Å²) in [6, 6.07) is 12.5. The molecule has 2 heterocycles. The monoisotopic (exact) mass is 479 g/mol. The third kappa shape index (κ3) is 5.16. The van der Waals surface area contributed by atoms with Crippen LogP contribution >= 0.6 is 12.2 Å². The van der Waals surface area contributed by atoms with Crippen LogP contribution in [-0.2, 0) is 19.1 Å². The van der Waals surface area contributed by atoms with E-state index in [1.165, 1.54) is 11.0 Å². The van der Waals surface area contributed by atoms with E-state index in [1.54, 1.807) is 29.2 Å². The molecule has 2 aliphatic heterocycles. The third-order valence-corrected chi connectivity index (χ3v) is 5.90. The van der Waals surface area contributed by atoms with Crippen LogP contribution in [0.15, 0.2) is 48.0 Å². The quantitative estimate of drug-likeness (QED) is 0.403. The van der Waals surface area contributed by atoms with Crippen LogP contribution in [0.4, 0.5) is 5.69 Å². The smallest absolute Gasteiger partial charge is 0.270 e. The molecule has 3 amide bonds. The molecule has 176 valence electrons. The summed E-state index contributed by atoms with van der Waals surface area (Å²) in [5.41, 5.74) is 3.17. The summed E-state index contributed by atoms with van der Waals surface area (Å²) in [4.78, 5) is 41.0. The molecule has 0 bridgehead atoms. The van der Waals surface area contributed by atoms with Gasteiger partial charge >= 0.3 is 0 Å². The number of nitrogens with one attached hydrogen (secondary N) is 1. The highest BCUT2D eigenvalue weighted by Crippen LogP contribution is 2.26. The summed E-state index contributed by atoms with van der Waals surface area (Å²) in [5.74, 6) is -0.618. The molecule has 0 saturated carbocycles. The number of benzene rings is 2. The Morgan fingerprint density at radius 1 is 1.12 bits per heavy atom. The summed E-state index contributed by atoms with van der Waals surface area (Å²) in [7, 11) is 0. The van der Waals surface area contributed by atoms with Crippen molar-refractivity contribution in [2.75, 3.05) is 37.8 Å². The van der Waals surface area contributed by atoms with Crippen LogP contribution in [0.3, 0.4) is 0 Å². The van der Waals surface area contributed by atoms with Crippen molar-refractivity contribution in [2.45, 2.75) is 13.8 Å². The fraction of sp³-hybridized carbons (Fsp3) is 0.280. The van der Waals surface area contributed by atoms with E-state index in [0.29, 0.717) is 43.3 Å². The van der Waals surface area contributed by atoms with Gasteiger partial charge < -0.3 is 14.4 Å². The minimum atomic E-state index is -0.549. The summed E-state index contributed by atoms with van der Waals surface area (Å²) >= 11 is 5.28. The van der Waals surface area contributed by atoms with E-state index in [4.69, 9.17) is 21.7 Å². The number of carbonyl (C=O) groups is 3. The van der Waals surface area contributed by atoms with Crippen LogP contribution in [0.1, 0.15) is 16.7 Å². The van der Waals surface area contributed by atoms with Gasteiger partial charge in [-0.25, -0.2) is 0 Å². The summed E-state index contributed by atoms with van der Waals surface area (Å²) in [6.07, 6.45) is 1.51. The molecule has 2 aromatic carbocycles. The Morgan fingerprint density at radius 2 is 1.82 bits per heavy atom. The van der Waals surface area contributed by atoms with E-state index in [9.17, 15) is 14.4 Å². The van der Waals surface area contributed by atoms with Gasteiger partial charge in [0.25, 0.3) is 17.7 Å². The van der Waals surface area contributed by atoms with Crippen molar-refractivity contribution in [3.63, 3.8) is 0 Å². The number of carbonyl (C=O) groups excluding carboxylic acids is 3. The molecule has 9 heteroatoms. The molecular weight excluding hydrogens is 454 g/mol. The number of aryl methyl sites for hydroxylation is 2. The van der Waals surface area contributed by atoms with Crippen LogP contribution in [0.5, 0.6) is 5.75 Å². The zero-order chi connectivity index (χ0) is 24.2. The molecular formula is C25H25N3O5S. The van der Waals surface area contributed by atoms with Gasteiger partial charge in [-0.15, -0.1) is 0 Å². The van der Waals surface area contributed by atoms with Crippen LogP contribution in [0, 0.1) is 13.8 Å². The number of anilines is 1. The van der Waals surface area contributed by atoms with Crippen molar-refractivity contribution in [3.8, 4) is 5.75 Å². The summed E-state index contributed by atoms with van der Waals surface area (Å²) < 4.78 is 10.8. The highest BCUT2D eigenvalue weighted by atomic mass is 32.1. The maximum absolute atomic E-state index is 13.2. The van der Waals surface area contributed by atoms with E-state index in [-0.39, 0.29) is 23.2 Å². The normalized spacial score (nSPS) is 17.7. The van der Waals surface area contributed by atoms with Gasteiger partial charge in [-0.2, -0.15) is 0 Å². The molecule has 8 nitrogen and oxygen atoms in total. The van der Waals surface area contributed by atoms with Gasteiger partial charge in [-0.05, 0) is 61.5 Å². The maximum Gasteiger partial charge on any atom is 0.270 e. The zero-order valence-corrected chi connectivity index (χ0v) is 19.8. The molecule has 0 aromatic heterocycles. The number of morpholine rings is 1. The summed E-state index contributed by atoms with van der Waals surface area (Å²) in [6.45, 7) is 5.98. The molecule has 0 unspecified atom stereocenters. The molecule has 2 fully saturated rings. The Balaban J connectivity index is 1.47. The first-order chi connectivity index (χ1) is 16.3. The largest absolute Gasteiger partial charge is 0.484 e. The number of hydrogen-bond acceptors (Lipinski definition) is 6. The molecule has 0 radical (unpaired) electrons. The Labute approximate surface area is 203 Å². The molecule has 0 atom stereocenters. The predicted molar refractivity (Wildman–Crippen MR) is 131 cm³/mol. The van der Waals surface area contributed by atoms with Crippen LogP contribution < -0.4 is 15.0 Å². The Kier molecular flexibility index (Phi) is 7.04. The van der Waals surface area contributed by atoms with Crippen LogP contribution in [0.2, 0.25) is 0 Å². The molecule has 0 aliphatic carbocycles. The van der Waals surface area contributed by atoms with Gasteiger partial charge in [0.2, 0.25) is 0 Å². The number of ether oxygens (including phenoxy) is 2. The Bertz CT molecular complexity index is 1170. The average molecular weight is 480 g/mol. The lowest BCUT2D eigenvalue weighted by atomic mass is 10.0. The van der Waals surface area contributed by atoms with Crippen LogP contribution in [-0.4, -0.2) is 60.6 Å². The Hall–Kier alpha value is -3.56. The second-order valence-electron chi connectivity index (χ2n) is 8.10. The maximum atomic E-state index is 13.2. The second-order valence-corrected chi connectivity index (χ2v) is 8.49. The molecule has 1 N–H and O–H groups in total. The number of amides is 3. The van der Waals surface area contributed by atoms with Crippen LogP contribution in [0.25, 0.3) is 6.08 Å². The van der Waals surface area contributed by atoms with Gasteiger partial charge in [0, 0.05) is 13.1 Å². The van der Waals surface area contributed by atoms with E-state index >= 15 is 0 Å². The highest BCUT2D eigenvalue weighted by molar-refractivity contribution is 7.80. The molecule has 2 aromatic rings. The first-order valence-corrected chi connectivity index (χ1v) is 11.3. The topological polar surface area (TPSA) is 88.2 Å². The van der Waals surface area contributed by atoms with Gasteiger partial charge in [0.1, 0.15) is 11.3 Å². The van der Waals surface area contributed by atoms with E-state index < -0.39 is 11.8 Å². The Morgan fingerprint density at radius 3 is 2.50 bits per heavy atom. The second kappa shape index (κ2) is 10.1. The van der Waals surface area contributed by atoms with Crippen molar-refractivity contribution in [1.82, 2.24) is 10.2 Å². The average Bonchev–Trinajstić information content (AvgIpc) is 2.82. The first-order valence-electron chi connectivity index (χ1n) is 10.9. The predicted octanol–water partition coefficient (Wildman–Crippen LogP) is 2.37. The fourth-order valence-corrected chi connectivity index (χ4v) is 4.08. The minimum absolute atomic E-state index is 0.0234. The fourth-order valence-electron chi connectivity index (χ4n) is 3.81. The zero-order valence-electron chi connectivity index (χ0n) is 19.0. The number of nitrogens with zero attached hydrogens (tertiary/aromatic N) is 2. The lowest BCUT2D eigenvalue weighted by Gasteiger charge is -2.30. The summed E-state index contributed by atoms with van der Waals surface area (Å²) in [5, 5.41) is 2.65. The molecule has 4 rings (SSSR count). The van der Waals surface area contributed by atoms with E-state index in [1.807, 2.05) is 32.0 Å². The number of hydrogen-bond donors (Lipinski definition) is 1. The van der Waals surface area contributed by atoms with Crippen molar-refractivity contribution >= 4 is 46.8 Å².